The van der Waals surface area contributed by atoms with E-state index in [0.717, 1.165) is 24.3 Å². The number of methoxy groups -OCH3 is 1. The van der Waals surface area contributed by atoms with Gasteiger partial charge in [-0.2, -0.15) is 4.72 Å². The van der Waals surface area contributed by atoms with E-state index in [-0.39, 0.29) is 22.9 Å². The molecule has 22 heavy (non-hydrogen) atoms. The van der Waals surface area contributed by atoms with E-state index >= 15 is 0 Å². The van der Waals surface area contributed by atoms with Crippen LogP contribution in [0.4, 0.5) is 5.69 Å². The van der Waals surface area contributed by atoms with E-state index in [1.165, 1.54) is 7.11 Å². The molecular weight excluding hydrogens is 312 g/mol. The number of carbonyl (C=O) groups excluding carboxylic acids is 1. The molecule has 1 rings (SSSR count). The Labute approximate surface area is 128 Å². The molecule has 0 bridgehead atoms. The SMILES string of the molecule is COC(=O)[C@@H](CC(C)C)NS(=O)(=O)c1ccc([N+](=O)[O-])cc1. The Morgan fingerprint density at radius 2 is 1.86 bits per heavy atom. The first-order chi connectivity index (χ1) is 10.2. The number of ether oxygens (including phenoxy) is 1. The van der Waals surface area contributed by atoms with Gasteiger partial charge in [-0.05, 0) is 24.5 Å². The smallest absolute Gasteiger partial charge is 0.323 e. The molecule has 0 aliphatic rings. The molecule has 1 aromatic rings. The lowest BCUT2D eigenvalue weighted by molar-refractivity contribution is -0.384. The first-order valence-electron chi connectivity index (χ1n) is 6.52. The second kappa shape index (κ2) is 7.32. The Morgan fingerprint density at radius 3 is 2.27 bits per heavy atom. The van der Waals surface area contributed by atoms with Crippen molar-refractivity contribution in [3.05, 3.63) is 34.4 Å². The van der Waals surface area contributed by atoms with Gasteiger partial charge in [-0.15, -0.1) is 0 Å². The number of nitrogens with zero attached hydrogens (tertiary/aromatic N) is 1. The molecule has 0 aliphatic heterocycles. The van der Waals surface area contributed by atoms with Crippen molar-refractivity contribution in [3.8, 4) is 0 Å². The topological polar surface area (TPSA) is 116 Å². The normalized spacial score (nSPS) is 12.9. The molecule has 8 nitrogen and oxygen atoms in total. The lowest BCUT2D eigenvalue weighted by Gasteiger charge is -2.18. The number of nitro benzene ring substituents is 1. The summed E-state index contributed by atoms with van der Waals surface area (Å²) in [5.41, 5.74) is -0.217. The first-order valence-corrected chi connectivity index (χ1v) is 8.00. The van der Waals surface area contributed by atoms with Crippen LogP contribution in [0.5, 0.6) is 0 Å². The number of nitro groups is 1. The fraction of sp³-hybridized carbons (Fsp3) is 0.462. The van der Waals surface area contributed by atoms with Crippen LogP contribution in [0.25, 0.3) is 0 Å². The zero-order chi connectivity index (χ0) is 16.9. The third-order valence-corrected chi connectivity index (χ3v) is 4.34. The molecule has 1 N–H and O–H groups in total. The number of esters is 1. The Balaban J connectivity index is 3.01. The highest BCUT2D eigenvalue weighted by atomic mass is 32.2. The van der Waals surface area contributed by atoms with Crippen LogP contribution >= 0.6 is 0 Å². The monoisotopic (exact) mass is 330 g/mol. The summed E-state index contributed by atoms with van der Waals surface area (Å²) in [6, 6.07) is 3.40. The largest absolute Gasteiger partial charge is 0.468 e. The molecular formula is C13H18N2O6S. The number of carbonyl (C=O) groups is 1. The quantitative estimate of drug-likeness (QED) is 0.460. The zero-order valence-electron chi connectivity index (χ0n) is 12.5. The van der Waals surface area contributed by atoms with E-state index in [4.69, 9.17) is 0 Å². The van der Waals surface area contributed by atoms with Crippen molar-refractivity contribution in [2.75, 3.05) is 7.11 Å². The number of hydrogen-bond acceptors (Lipinski definition) is 6. The second-order valence-corrected chi connectivity index (χ2v) is 6.79. The highest BCUT2D eigenvalue weighted by Gasteiger charge is 2.27. The fourth-order valence-electron chi connectivity index (χ4n) is 1.81. The van der Waals surface area contributed by atoms with E-state index in [2.05, 4.69) is 9.46 Å². The molecule has 0 spiro atoms. The summed E-state index contributed by atoms with van der Waals surface area (Å²) in [6.07, 6.45) is 0.277. The third-order valence-electron chi connectivity index (χ3n) is 2.85. The van der Waals surface area contributed by atoms with Crippen molar-refractivity contribution >= 4 is 21.7 Å². The number of nitrogens with one attached hydrogen (secondary N) is 1. The summed E-state index contributed by atoms with van der Waals surface area (Å²) in [5.74, 6) is -0.608. The number of hydrogen-bond donors (Lipinski definition) is 1. The van der Waals surface area contributed by atoms with E-state index < -0.39 is 27.0 Å². The van der Waals surface area contributed by atoms with Gasteiger partial charge in [-0.25, -0.2) is 8.42 Å². The molecule has 122 valence electrons. The van der Waals surface area contributed by atoms with Crippen LogP contribution in [0.3, 0.4) is 0 Å². The van der Waals surface area contributed by atoms with Gasteiger partial charge in [0.05, 0.1) is 16.9 Å². The number of sulfonamides is 1. The molecule has 1 atom stereocenters. The van der Waals surface area contributed by atoms with Crippen molar-refractivity contribution in [1.82, 2.24) is 4.72 Å². The van der Waals surface area contributed by atoms with Crippen LogP contribution < -0.4 is 4.72 Å². The summed E-state index contributed by atoms with van der Waals surface area (Å²) < 4.78 is 31.3. The Morgan fingerprint density at radius 1 is 1.32 bits per heavy atom. The summed E-state index contributed by atoms with van der Waals surface area (Å²) in [5, 5.41) is 10.6. The van der Waals surface area contributed by atoms with Gasteiger partial charge in [-0.3, -0.25) is 14.9 Å². The van der Waals surface area contributed by atoms with Crippen LogP contribution in [0.15, 0.2) is 29.2 Å². The minimum absolute atomic E-state index is 0.0728. The van der Waals surface area contributed by atoms with Gasteiger partial charge < -0.3 is 4.74 Å². The Hall–Kier alpha value is -2.00. The van der Waals surface area contributed by atoms with Gasteiger partial charge in [0.15, 0.2) is 0 Å². The summed E-state index contributed by atoms with van der Waals surface area (Å²) >= 11 is 0. The van der Waals surface area contributed by atoms with Gasteiger partial charge in [0, 0.05) is 12.1 Å². The van der Waals surface area contributed by atoms with Gasteiger partial charge >= 0.3 is 5.97 Å². The van der Waals surface area contributed by atoms with E-state index in [1.54, 1.807) is 0 Å². The minimum Gasteiger partial charge on any atom is -0.468 e. The molecule has 0 fully saturated rings. The highest BCUT2D eigenvalue weighted by molar-refractivity contribution is 7.89. The van der Waals surface area contributed by atoms with Crippen molar-refractivity contribution in [1.29, 1.82) is 0 Å². The Kier molecular flexibility index (Phi) is 6.01. The lowest BCUT2D eigenvalue weighted by Crippen LogP contribution is -2.42. The van der Waals surface area contributed by atoms with Crippen LogP contribution in [-0.4, -0.2) is 32.5 Å². The average molecular weight is 330 g/mol. The number of rotatable bonds is 7. The van der Waals surface area contributed by atoms with Crippen molar-refractivity contribution in [3.63, 3.8) is 0 Å². The van der Waals surface area contributed by atoms with Gasteiger partial charge in [0.1, 0.15) is 6.04 Å². The molecule has 0 heterocycles. The van der Waals surface area contributed by atoms with E-state index in [1.807, 2.05) is 13.8 Å². The van der Waals surface area contributed by atoms with Crippen molar-refractivity contribution in [2.45, 2.75) is 31.2 Å². The second-order valence-electron chi connectivity index (χ2n) is 5.08. The molecule has 0 aliphatic carbocycles. The summed E-state index contributed by atoms with van der Waals surface area (Å²) in [7, 11) is -2.80. The van der Waals surface area contributed by atoms with Crippen LogP contribution in [-0.2, 0) is 19.6 Å². The first kappa shape index (κ1) is 18.1. The average Bonchev–Trinajstić information content (AvgIpc) is 2.45. The molecule has 0 radical (unpaired) electrons. The highest BCUT2D eigenvalue weighted by Crippen LogP contribution is 2.17. The molecule has 9 heteroatoms. The predicted octanol–water partition coefficient (Wildman–Crippen LogP) is 1.46. The number of non-ortho nitro benzene ring substituents is 1. The minimum atomic E-state index is -3.98. The van der Waals surface area contributed by atoms with Gasteiger partial charge in [0.2, 0.25) is 10.0 Å². The van der Waals surface area contributed by atoms with E-state index in [0.29, 0.717) is 0 Å². The van der Waals surface area contributed by atoms with E-state index in [9.17, 15) is 23.3 Å². The van der Waals surface area contributed by atoms with Gasteiger partial charge in [-0.1, -0.05) is 13.8 Å². The third kappa shape index (κ3) is 4.78. The summed E-state index contributed by atoms with van der Waals surface area (Å²) in [4.78, 5) is 21.4. The maximum atomic E-state index is 12.2. The number of benzene rings is 1. The molecule has 0 unspecified atom stereocenters. The Bertz CT molecular complexity index is 639. The van der Waals surface area contributed by atoms with Crippen LogP contribution in [0.1, 0.15) is 20.3 Å². The van der Waals surface area contributed by atoms with Gasteiger partial charge in [0.25, 0.3) is 5.69 Å². The molecule has 0 amide bonds. The summed E-state index contributed by atoms with van der Waals surface area (Å²) in [6.45, 7) is 3.69. The predicted molar refractivity (Wildman–Crippen MR) is 78.7 cm³/mol. The molecule has 0 aromatic heterocycles. The van der Waals surface area contributed by atoms with Crippen LogP contribution in [0, 0.1) is 16.0 Å². The molecule has 1 aromatic carbocycles. The molecule has 0 saturated heterocycles. The maximum Gasteiger partial charge on any atom is 0.323 e. The molecule has 0 saturated carbocycles. The standard InChI is InChI=1S/C13H18N2O6S/c1-9(2)8-12(13(16)21-3)14-22(19,20)11-6-4-10(5-7-11)15(17)18/h4-7,9,12,14H,8H2,1-3H3/t12-/m1/s1. The van der Waals surface area contributed by atoms with Crippen molar-refractivity contribution < 1.29 is 22.9 Å². The van der Waals surface area contributed by atoms with Crippen molar-refractivity contribution in [2.24, 2.45) is 5.92 Å². The zero-order valence-corrected chi connectivity index (χ0v) is 13.3. The lowest BCUT2D eigenvalue weighted by atomic mass is 10.1. The van der Waals surface area contributed by atoms with Crippen LogP contribution in [0.2, 0.25) is 0 Å². The maximum absolute atomic E-state index is 12.2. The fourth-order valence-corrected chi connectivity index (χ4v) is 3.01.